The summed E-state index contributed by atoms with van der Waals surface area (Å²) >= 11 is 0. The first-order valence-corrected chi connectivity index (χ1v) is 7.13. The van der Waals surface area contributed by atoms with Crippen LogP contribution in [0.15, 0.2) is 12.5 Å². The normalized spacial score (nSPS) is 16.8. The molecule has 0 saturated heterocycles. The van der Waals surface area contributed by atoms with E-state index in [1.54, 1.807) is 6.20 Å². The maximum absolute atomic E-state index is 12.2. The van der Waals surface area contributed by atoms with E-state index < -0.39 is 29.6 Å². The summed E-state index contributed by atoms with van der Waals surface area (Å²) in [5.74, 6) is -1.80. The van der Waals surface area contributed by atoms with Gasteiger partial charge in [-0.15, -0.1) is 0 Å². The second-order valence-electron chi connectivity index (χ2n) is 6.03. The van der Waals surface area contributed by atoms with Gasteiger partial charge in [-0.2, -0.15) is 0 Å². The Morgan fingerprint density at radius 1 is 1.50 bits per heavy atom. The predicted octanol–water partition coefficient (Wildman–Crippen LogP) is -0.354. The van der Waals surface area contributed by atoms with E-state index in [9.17, 15) is 14.7 Å². The van der Waals surface area contributed by atoms with Gasteiger partial charge in [0.15, 0.2) is 5.60 Å². The van der Waals surface area contributed by atoms with Gasteiger partial charge in [0.2, 0.25) is 5.91 Å². The van der Waals surface area contributed by atoms with Crippen molar-refractivity contribution < 1.29 is 19.8 Å². The number of carboxylic acid groups (broad SMARTS) is 1. The molecule has 0 saturated carbocycles. The molecule has 1 aromatic rings. The van der Waals surface area contributed by atoms with Crippen LogP contribution in [0, 0.1) is 5.92 Å². The molecule has 1 unspecified atom stereocenters. The Balaban J connectivity index is 2.75. The zero-order valence-corrected chi connectivity index (χ0v) is 13.0. The van der Waals surface area contributed by atoms with E-state index in [1.807, 2.05) is 13.8 Å². The smallest absolute Gasteiger partial charge is 0.337 e. The lowest BCUT2D eigenvalue weighted by molar-refractivity contribution is -0.160. The Kier molecular flexibility index (Phi) is 6.07. The van der Waals surface area contributed by atoms with E-state index in [4.69, 9.17) is 10.8 Å². The van der Waals surface area contributed by atoms with Crippen LogP contribution in [0.25, 0.3) is 0 Å². The van der Waals surface area contributed by atoms with E-state index >= 15 is 0 Å². The number of nitrogens with two attached hydrogens (primary N) is 1. The molecule has 1 heterocycles. The molecule has 8 heteroatoms. The zero-order valence-electron chi connectivity index (χ0n) is 13.0. The molecule has 0 radical (unpaired) electrons. The van der Waals surface area contributed by atoms with Crippen LogP contribution >= 0.6 is 0 Å². The fourth-order valence-corrected chi connectivity index (χ4v) is 2.05. The largest absolute Gasteiger partial charge is 0.479 e. The fraction of sp³-hybridized carbons (Fsp3) is 0.643. The maximum atomic E-state index is 12.2. The average Bonchev–Trinajstić information content (AvgIpc) is 2.89. The molecule has 8 nitrogen and oxygen atoms in total. The van der Waals surface area contributed by atoms with Crippen LogP contribution < -0.4 is 11.1 Å². The molecule has 0 aliphatic heterocycles. The summed E-state index contributed by atoms with van der Waals surface area (Å²) in [5.41, 5.74) is 4.46. The van der Waals surface area contributed by atoms with Gasteiger partial charge in [-0.3, -0.25) is 4.79 Å². The molecular weight excluding hydrogens is 288 g/mol. The van der Waals surface area contributed by atoms with Gasteiger partial charge in [0.05, 0.1) is 18.4 Å². The van der Waals surface area contributed by atoms with Crippen molar-refractivity contribution in [2.24, 2.45) is 11.7 Å². The Morgan fingerprint density at radius 3 is 2.59 bits per heavy atom. The minimum Gasteiger partial charge on any atom is -0.479 e. The number of nitrogens with one attached hydrogen (secondary N) is 2. The van der Waals surface area contributed by atoms with E-state index in [1.165, 1.54) is 13.3 Å². The minimum absolute atomic E-state index is 0.0972. The van der Waals surface area contributed by atoms with Crippen LogP contribution in [-0.4, -0.2) is 49.7 Å². The summed E-state index contributed by atoms with van der Waals surface area (Å²) < 4.78 is 0. The topological polar surface area (TPSA) is 141 Å². The monoisotopic (exact) mass is 312 g/mol. The molecule has 1 aromatic heterocycles. The molecule has 0 aromatic carbocycles. The number of carbonyl (C=O) groups excluding carboxylic acids is 1. The van der Waals surface area contributed by atoms with Gasteiger partial charge in [-0.1, -0.05) is 13.8 Å². The highest BCUT2D eigenvalue weighted by atomic mass is 16.4. The van der Waals surface area contributed by atoms with Crippen LogP contribution in [0.5, 0.6) is 0 Å². The highest BCUT2D eigenvalue weighted by Crippen LogP contribution is 2.18. The van der Waals surface area contributed by atoms with Crippen LogP contribution in [-0.2, 0) is 16.0 Å². The Labute approximate surface area is 129 Å². The first kappa shape index (κ1) is 18.1. The molecule has 1 rings (SSSR count). The van der Waals surface area contributed by atoms with E-state index in [0.717, 1.165) is 0 Å². The van der Waals surface area contributed by atoms with Crippen LogP contribution in [0.2, 0.25) is 0 Å². The van der Waals surface area contributed by atoms with Crippen molar-refractivity contribution in [2.45, 2.75) is 51.3 Å². The lowest BCUT2D eigenvalue weighted by atomic mass is 9.89. The lowest BCUT2D eigenvalue weighted by Gasteiger charge is -2.32. The standard InChI is InChI=1S/C14H24N4O4/c1-8(2)4-11(14(3,22)13(20)21)18-12(19)10(15)5-9-6-16-7-17-9/h6-8,10-11,22H,4-5,15H2,1-3H3,(H,16,17)(H,18,19)(H,20,21)/t10-,11-,14?/m0/s1. The summed E-state index contributed by atoms with van der Waals surface area (Å²) in [6.07, 6.45) is 3.61. The third-order valence-electron chi connectivity index (χ3n) is 3.47. The quantitative estimate of drug-likeness (QED) is 0.444. The molecule has 6 N–H and O–H groups in total. The Bertz CT molecular complexity index is 499. The number of aromatic amines is 1. The summed E-state index contributed by atoms with van der Waals surface area (Å²) in [4.78, 5) is 30.0. The minimum atomic E-state index is -2.06. The zero-order chi connectivity index (χ0) is 16.9. The number of carbonyl (C=O) groups is 2. The number of aromatic nitrogens is 2. The van der Waals surface area contributed by atoms with Crippen molar-refractivity contribution in [1.29, 1.82) is 0 Å². The van der Waals surface area contributed by atoms with Crippen molar-refractivity contribution >= 4 is 11.9 Å². The van der Waals surface area contributed by atoms with Crippen LogP contribution in [0.1, 0.15) is 32.9 Å². The number of carboxylic acids is 1. The Hall–Kier alpha value is -1.93. The van der Waals surface area contributed by atoms with Crippen molar-refractivity contribution in [2.75, 3.05) is 0 Å². The number of aliphatic carboxylic acids is 1. The van der Waals surface area contributed by atoms with Gasteiger partial charge in [0.25, 0.3) is 0 Å². The number of imidazole rings is 1. The van der Waals surface area contributed by atoms with Gasteiger partial charge < -0.3 is 26.2 Å². The van der Waals surface area contributed by atoms with Crippen LogP contribution in [0.4, 0.5) is 0 Å². The second kappa shape index (κ2) is 7.37. The number of aliphatic hydroxyl groups is 1. The summed E-state index contributed by atoms with van der Waals surface area (Å²) in [7, 11) is 0. The van der Waals surface area contributed by atoms with Crippen molar-refractivity contribution in [3.8, 4) is 0 Å². The van der Waals surface area contributed by atoms with Gasteiger partial charge in [-0.05, 0) is 19.3 Å². The molecule has 0 bridgehead atoms. The van der Waals surface area contributed by atoms with Gasteiger partial charge >= 0.3 is 5.97 Å². The second-order valence-corrected chi connectivity index (χ2v) is 6.03. The van der Waals surface area contributed by atoms with Gasteiger partial charge in [0.1, 0.15) is 0 Å². The van der Waals surface area contributed by atoms with Gasteiger partial charge in [-0.25, -0.2) is 9.78 Å². The summed E-state index contributed by atoms with van der Waals surface area (Å²) in [5, 5.41) is 21.8. The summed E-state index contributed by atoms with van der Waals surface area (Å²) in [6.45, 7) is 4.92. The molecule has 3 atom stereocenters. The average molecular weight is 312 g/mol. The van der Waals surface area contributed by atoms with E-state index in [-0.39, 0.29) is 12.3 Å². The van der Waals surface area contributed by atoms with Crippen molar-refractivity contribution in [3.05, 3.63) is 18.2 Å². The lowest BCUT2D eigenvalue weighted by Crippen LogP contribution is -2.58. The Morgan fingerprint density at radius 2 is 2.14 bits per heavy atom. The third-order valence-corrected chi connectivity index (χ3v) is 3.47. The van der Waals surface area contributed by atoms with Crippen molar-refractivity contribution in [3.63, 3.8) is 0 Å². The number of nitrogens with zero attached hydrogens (tertiary/aromatic N) is 1. The van der Waals surface area contributed by atoms with Crippen LogP contribution in [0.3, 0.4) is 0 Å². The number of amides is 1. The highest BCUT2D eigenvalue weighted by molar-refractivity contribution is 5.84. The summed E-state index contributed by atoms with van der Waals surface area (Å²) in [6, 6.07) is -1.79. The number of hydrogen-bond acceptors (Lipinski definition) is 5. The maximum Gasteiger partial charge on any atom is 0.337 e. The van der Waals surface area contributed by atoms with Gasteiger partial charge in [0, 0.05) is 18.3 Å². The number of hydrogen-bond donors (Lipinski definition) is 5. The molecule has 0 fully saturated rings. The molecule has 22 heavy (non-hydrogen) atoms. The predicted molar refractivity (Wildman–Crippen MR) is 79.9 cm³/mol. The molecule has 0 aliphatic carbocycles. The first-order valence-electron chi connectivity index (χ1n) is 7.13. The van der Waals surface area contributed by atoms with E-state index in [0.29, 0.717) is 12.1 Å². The highest BCUT2D eigenvalue weighted by Gasteiger charge is 2.41. The SMILES string of the molecule is CC(C)C[C@H](NC(=O)[C@@H](N)Cc1cnc[nH]1)C(C)(O)C(=O)O. The molecule has 124 valence electrons. The third kappa shape index (κ3) is 4.81. The fourth-order valence-electron chi connectivity index (χ4n) is 2.05. The molecule has 0 aliphatic rings. The van der Waals surface area contributed by atoms with Crippen molar-refractivity contribution in [1.82, 2.24) is 15.3 Å². The first-order chi connectivity index (χ1) is 10.1. The molecule has 1 amide bonds. The van der Waals surface area contributed by atoms with E-state index in [2.05, 4.69) is 15.3 Å². The number of H-pyrrole nitrogens is 1. The molecule has 0 spiro atoms. The number of rotatable bonds is 8. The molecular formula is C14H24N4O4.